The first-order valence-corrected chi connectivity index (χ1v) is 8.35. The number of hydrogen-bond acceptors (Lipinski definition) is 2. The van der Waals surface area contributed by atoms with Crippen LogP contribution in [0.15, 0.2) is 85.1 Å². The molecule has 0 unspecified atom stereocenters. The summed E-state index contributed by atoms with van der Waals surface area (Å²) in [5, 5.41) is 1.50. The number of ketones is 1. The first kappa shape index (κ1) is 15.6. The molecule has 0 amide bonds. The Balaban J connectivity index is 1.99. The van der Waals surface area contributed by atoms with E-state index in [1.54, 1.807) is 30.5 Å². The number of rotatable bonds is 3. The van der Waals surface area contributed by atoms with Gasteiger partial charge in [0.2, 0.25) is 0 Å². The van der Waals surface area contributed by atoms with E-state index < -0.39 is 0 Å². The zero-order valence-corrected chi connectivity index (χ0v) is 14.1. The average molecular weight is 344 g/mol. The summed E-state index contributed by atoms with van der Waals surface area (Å²) in [5.41, 5.74) is 3.89. The summed E-state index contributed by atoms with van der Waals surface area (Å²) in [6, 6.07) is 24.8. The van der Waals surface area contributed by atoms with Crippen LogP contribution in [0.3, 0.4) is 0 Å². The van der Waals surface area contributed by atoms with Gasteiger partial charge >= 0.3 is 0 Å². The summed E-state index contributed by atoms with van der Waals surface area (Å²) in [6.07, 6.45) is 1.66. The Morgan fingerprint density at radius 1 is 0.840 bits per heavy atom. The van der Waals surface area contributed by atoms with Gasteiger partial charge in [-0.3, -0.25) is 9.78 Å². The van der Waals surface area contributed by atoms with E-state index in [1.807, 2.05) is 54.6 Å². The molecule has 4 rings (SSSR count). The van der Waals surface area contributed by atoms with E-state index in [4.69, 9.17) is 11.6 Å². The SMILES string of the molecule is O=C(c1cccc(Cl)c1)c1cnc2ccccc2c1-c1ccccc1. The Morgan fingerprint density at radius 3 is 2.40 bits per heavy atom. The number of halogens is 1. The molecule has 0 spiro atoms. The van der Waals surface area contributed by atoms with Crippen molar-refractivity contribution in [3.05, 3.63) is 101 Å². The quantitative estimate of drug-likeness (QED) is 0.441. The fourth-order valence-corrected chi connectivity index (χ4v) is 3.20. The van der Waals surface area contributed by atoms with E-state index in [-0.39, 0.29) is 5.78 Å². The van der Waals surface area contributed by atoms with Gasteiger partial charge in [0, 0.05) is 33.3 Å². The van der Waals surface area contributed by atoms with Crippen LogP contribution in [0.4, 0.5) is 0 Å². The highest BCUT2D eigenvalue weighted by molar-refractivity contribution is 6.31. The van der Waals surface area contributed by atoms with E-state index >= 15 is 0 Å². The third kappa shape index (κ3) is 2.92. The van der Waals surface area contributed by atoms with Crippen molar-refractivity contribution in [2.75, 3.05) is 0 Å². The maximum Gasteiger partial charge on any atom is 0.195 e. The Morgan fingerprint density at radius 2 is 1.60 bits per heavy atom. The predicted octanol–water partition coefficient (Wildman–Crippen LogP) is 5.79. The molecule has 0 aliphatic carbocycles. The number of carbonyl (C=O) groups is 1. The average Bonchev–Trinajstić information content (AvgIpc) is 2.67. The Labute approximate surface area is 150 Å². The molecule has 0 N–H and O–H groups in total. The van der Waals surface area contributed by atoms with Crippen molar-refractivity contribution in [2.24, 2.45) is 0 Å². The van der Waals surface area contributed by atoms with Crippen molar-refractivity contribution < 1.29 is 4.79 Å². The predicted molar refractivity (Wildman–Crippen MR) is 102 cm³/mol. The molecular weight excluding hydrogens is 330 g/mol. The third-order valence-electron chi connectivity index (χ3n) is 4.17. The molecular formula is C22H14ClNO. The molecule has 0 radical (unpaired) electrons. The van der Waals surface area contributed by atoms with Crippen molar-refractivity contribution in [2.45, 2.75) is 0 Å². The molecule has 0 saturated carbocycles. The fraction of sp³-hybridized carbons (Fsp3) is 0. The zero-order valence-electron chi connectivity index (χ0n) is 13.3. The number of aromatic nitrogens is 1. The lowest BCUT2D eigenvalue weighted by Crippen LogP contribution is -2.05. The largest absolute Gasteiger partial charge is 0.289 e. The van der Waals surface area contributed by atoms with Crippen LogP contribution in [0, 0.1) is 0 Å². The number of hydrogen-bond donors (Lipinski definition) is 0. The highest BCUT2D eigenvalue weighted by Gasteiger charge is 2.18. The van der Waals surface area contributed by atoms with Gasteiger partial charge in [0.25, 0.3) is 0 Å². The summed E-state index contributed by atoms with van der Waals surface area (Å²) >= 11 is 6.06. The molecule has 0 fully saturated rings. The molecule has 25 heavy (non-hydrogen) atoms. The Kier molecular flexibility index (Phi) is 4.04. The van der Waals surface area contributed by atoms with Gasteiger partial charge in [-0.05, 0) is 23.8 Å². The molecule has 4 aromatic rings. The van der Waals surface area contributed by atoms with E-state index in [1.165, 1.54) is 0 Å². The van der Waals surface area contributed by atoms with Crippen molar-refractivity contribution in [1.82, 2.24) is 4.98 Å². The maximum atomic E-state index is 13.1. The second-order valence-electron chi connectivity index (χ2n) is 5.77. The van der Waals surface area contributed by atoms with E-state index in [9.17, 15) is 4.79 Å². The topological polar surface area (TPSA) is 30.0 Å². The third-order valence-corrected chi connectivity index (χ3v) is 4.40. The van der Waals surface area contributed by atoms with Gasteiger partial charge < -0.3 is 0 Å². The molecule has 3 heteroatoms. The minimum atomic E-state index is -0.0837. The van der Waals surface area contributed by atoms with Gasteiger partial charge in [-0.15, -0.1) is 0 Å². The van der Waals surface area contributed by atoms with Crippen LogP contribution in [-0.2, 0) is 0 Å². The highest BCUT2D eigenvalue weighted by atomic mass is 35.5. The first-order chi connectivity index (χ1) is 12.2. The normalized spacial score (nSPS) is 10.8. The van der Waals surface area contributed by atoms with Crippen molar-refractivity contribution in [3.8, 4) is 11.1 Å². The number of para-hydroxylation sites is 1. The summed E-state index contributed by atoms with van der Waals surface area (Å²) in [4.78, 5) is 17.6. The van der Waals surface area contributed by atoms with Crippen LogP contribution in [0.5, 0.6) is 0 Å². The van der Waals surface area contributed by atoms with Crippen molar-refractivity contribution >= 4 is 28.3 Å². The number of nitrogens with zero attached hydrogens (tertiary/aromatic N) is 1. The molecule has 0 aliphatic heterocycles. The smallest absolute Gasteiger partial charge is 0.195 e. The minimum Gasteiger partial charge on any atom is -0.289 e. The Bertz CT molecular complexity index is 1070. The Hall–Kier alpha value is -2.97. The number of benzene rings is 3. The lowest BCUT2D eigenvalue weighted by molar-refractivity contribution is 0.103. The molecule has 1 heterocycles. The fourth-order valence-electron chi connectivity index (χ4n) is 3.01. The van der Waals surface area contributed by atoms with E-state index in [0.717, 1.165) is 22.0 Å². The number of carbonyl (C=O) groups excluding carboxylic acids is 1. The number of pyridine rings is 1. The minimum absolute atomic E-state index is 0.0837. The molecule has 3 aromatic carbocycles. The summed E-state index contributed by atoms with van der Waals surface area (Å²) < 4.78 is 0. The van der Waals surface area contributed by atoms with Crippen LogP contribution in [-0.4, -0.2) is 10.8 Å². The van der Waals surface area contributed by atoms with Crippen molar-refractivity contribution in [3.63, 3.8) is 0 Å². The van der Waals surface area contributed by atoms with Gasteiger partial charge in [0.05, 0.1) is 5.52 Å². The summed E-state index contributed by atoms with van der Waals surface area (Å²) in [5.74, 6) is -0.0837. The van der Waals surface area contributed by atoms with Gasteiger partial charge in [-0.1, -0.05) is 72.3 Å². The maximum absolute atomic E-state index is 13.1. The second-order valence-corrected chi connectivity index (χ2v) is 6.21. The van der Waals surface area contributed by atoms with Crippen LogP contribution in [0.2, 0.25) is 5.02 Å². The van der Waals surface area contributed by atoms with Crippen molar-refractivity contribution in [1.29, 1.82) is 0 Å². The van der Waals surface area contributed by atoms with Gasteiger partial charge in [0.1, 0.15) is 0 Å². The molecule has 0 atom stereocenters. The second kappa shape index (κ2) is 6.50. The van der Waals surface area contributed by atoms with Gasteiger partial charge in [-0.2, -0.15) is 0 Å². The van der Waals surface area contributed by atoms with Crippen LogP contribution in [0.25, 0.3) is 22.0 Å². The van der Waals surface area contributed by atoms with Gasteiger partial charge in [-0.25, -0.2) is 0 Å². The monoisotopic (exact) mass is 343 g/mol. The highest BCUT2D eigenvalue weighted by Crippen LogP contribution is 2.32. The molecule has 120 valence electrons. The number of fused-ring (bicyclic) bond motifs is 1. The zero-order chi connectivity index (χ0) is 17.2. The first-order valence-electron chi connectivity index (χ1n) is 7.97. The van der Waals surface area contributed by atoms with E-state index in [2.05, 4.69) is 4.98 Å². The molecule has 0 aliphatic rings. The van der Waals surface area contributed by atoms with Crippen LogP contribution >= 0.6 is 11.6 Å². The molecule has 0 bridgehead atoms. The lowest BCUT2D eigenvalue weighted by Gasteiger charge is -2.12. The standard InChI is InChI=1S/C22H14ClNO/c23-17-10-6-9-16(13-17)22(25)19-14-24-20-12-5-4-11-18(20)21(19)15-7-2-1-3-8-15/h1-14H. The molecule has 0 saturated heterocycles. The van der Waals surface area contributed by atoms with Crippen LogP contribution in [0.1, 0.15) is 15.9 Å². The molecule has 2 nitrogen and oxygen atoms in total. The van der Waals surface area contributed by atoms with Gasteiger partial charge in [0.15, 0.2) is 5.78 Å². The summed E-state index contributed by atoms with van der Waals surface area (Å²) in [6.45, 7) is 0. The molecule has 1 aromatic heterocycles. The lowest BCUT2D eigenvalue weighted by atomic mass is 9.92. The van der Waals surface area contributed by atoms with E-state index in [0.29, 0.717) is 16.1 Å². The van der Waals surface area contributed by atoms with Crippen LogP contribution < -0.4 is 0 Å². The summed E-state index contributed by atoms with van der Waals surface area (Å²) in [7, 11) is 0.